The number of hydrogen-bond acceptors (Lipinski definition) is 4. The molecular weight excluding hydrogens is 235 g/mol. The van der Waals surface area contributed by atoms with Crippen LogP contribution >= 0.6 is 0 Å². The summed E-state index contributed by atoms with van der Waals surface area (Å²) in [6.45, 7) is 2.81. The van der Waals surface area contributed by atoms with E-state index in [1.165, 1.54) is 18.5 Å². The Morgan fingerprint density at radius 3 is 2.89 bits per heavy atom. The van der Waals surface area contributed by atoms with E-state index in [1.54, 1.807) is 4.68 Å². The number of pyridine rings is 1. The Balaban J connectivity index is 2.08. The molecule has 0 fully saturated rings. The van der Waals surface area contributed by atoms with Crippen LogP contribution in [0.25, 0.3) is 0 Å². The van der Waals surface area contributed by atoms with Gasteiger partial charge in [0.2, 0.25) is 0 Å². The van der Waals surface area contributed by atoms with E-state index in [0.717, 1.165) is 19.2 Å². The Bertz CT molecular complexity index is 497. The molecule has 96 valence electrons. The molecule has 0 bridgehead atoms. The van der Waals surface area contributed by atoms with Gasteiger partial charge in [-0.15, -0.1) is 0 Å². The van der Waals surface area contributed by atoms with Crippen LogP contribution in [0.1, 0.15) is 31.0 Å². The Hall–Kier alpha value is -1.82. The highest BCUT2D eigenvalue weighted by Gasteiger charge is 2.14. The quantitative estimate of drug-likeness (QED) is 0.873. The molecule has 1 unspecified atom stereocenters. The van der Waals surface area contributed by atoms with E-state index in [2.05, 4.69) is 15.1 Å². The molecule has 0 saturated carbocycles. The van der Waals surface area contributed by atoms with Gasteiger partial charge in [0.25, 0.3) is 0 Å². The van der Waals surface area contributed by atoms with Gasteiger partial charge in [-0.05, 0) is 18.6 Å². The zero-order valence-corrected chi connectivity index (χ0v) is 10.1. The van der Waals surface area contributed by atoms with Gasteiger partial charge >= 0.3 is 0 Å². The number of aliphatic hydroxyl groups is 1. The SMILES string of the molecule is CCCn1ncnc1CC(O)c1ccc(F)cn1. The second-order valence-electron chi connectivity index (χ2n) is 4.02. The average Bonchev–Trinajstić information content (AvgIpc) is 2.78. The second kappa shape index (κ2) is 5.68. The molecule has 2 heterocycles. The van der Waals surface area contributed by atoms with E-state index in [0.29, 0.717) is 17.9 Å². The summed E-state index contributed by atoms with van der Waals surface area (Å²) >= 11 is 0. The van der Waals surface area contributed by atoms with Crippen molar-refractivity contribution in [1.82, 2.24) is 19.7 Å². The molecular formula is C12H15FN4O. The number of aliphatic hydroxyl groups excluding tert-OH is 1. The molecule has 0 radical (unpaired) electrons. The highest BCUT2D eigenvalue weighted by atomic mass is 19.1. The molecule has 18 heavy (non-hydrogen) atoms. The van der Waals surface area contributed by atoms with Gasteiger partial charge in [-0.25, -0.2) is 9.37 Å². The fourth-order valence-corrected chi connectivity index (χ4v) is 1.71. The fourth-order valence-electron chi connectivity index (χ4n) is 1.71. The van der Waals surface area contributed by atoms with Gasteiger partial charge < -0.3 is 5.11 Å². The Labute approximate surface area is 104 Å². The summed E-state index contributed by atoms with van der Waals surface area (Å²) in [5, 5.41) is 14.1. The molecule has 2 aromatic heterocycles. The summed E-state index contributed by atoms with van der Waals surface area (Å²) in [6.07, 6.45) is 3.02. The van der Waals surface area contributed by atoms with Gasteiger partial charge in [0.1, 0.15) is 24.1 Å². The van der Waals surface area contributed by atoms with Crippen molar-refractivity contribution in [3.05, 3.63) is 42.0 Å². The van der Waals surface area contributed by atoms with E-state index in [1.807, 2.05) is 6.92 Å². The largest absolute Gasteiger partial charge is 0.386 e. The van der Waals surface area contributed by atoms with Crippen LogP contribution in [-0.4, -0.2) is 24.9 Å². The van der Waals surface area contributed by atoms with Crippen LogP contribution in [0.3, 0.4) is 0 Å². The zero-order chi connectivity index (χ0) is 13.0. The molecule has 0 spiro atoms. The number of nitrogens with zero attached hydrogens (tertiary/aromatic N) is 4. The lowest BCUT2D eigenvalue weighted by Crippen LogP contribution is -2.11. The third-order valence-corrected chi connectivity index (χ3v) is 2.60. The summed E-state index contributed by atoms with van der Waals surface area (Å²) in [6, 6.07) is 2.75. The van der Waals surface area contributed by atoms with Crippen LogP contribution in [0.2, 0.25) is 0 Å². The molecule has 1 atom stereocenters. The van der Waals surface area contributed by atoms with Gasteiger partial charge in [-0.1, -0.05) is 6.92 Å². The van der Waals surface area contributed by atoms with Crippen LogP contribution in [0.4, 0.5) is 4.39 Å². The smallest absolute Gasteiger partial charge is 0.141 e. The Morgan fingerprint density at radius 1 is 1.39 bits per heavy atom. The molecule has 1 N–H and O–H groups in total. The molecule has 0 aliphatic carbocycles. The van der Waals surface area contributed by atoms with Crippen LogP contribution < -0.4 is 0 Å². The molecule has 0 aliphatic rings. The summed E-state index contributed by atoms with van der Waals surface area (Å²) < 4.78 is 14.5. The Kier molecular flexibility index (Phi) is 3.99. The lowest BCUT2D eigenvalue weighted by molar-refractivity contribution is 0.169. The van der Waals surface area contributed by atoms with Crippen molar-refractivity contribution in [3.63, 3.8) is 0 Å². The van der Waals surface area contributed by atoms with E-state index >= 15 is 0 Å². The summed E-state index contributed by atoms with van der Waals surface area (Å²) in [5.41, 5.74) is 0.433. The maximum atomic E-state index is 12.7. The third-order valence-electron chi connectivity index (χ3n) is 2.60. The van der Waals surface area contributed by atoms with Crippen molar-refractivity contribution in [3.8, 4) is 0 Å². The minimum atomic E-state index is -0.801. The lowest BCUT2D eigenvalue weighted by Gasteiger charge is -2.10. The van der Waals surface area contributed by atoms with Crippen molar-refractivity contribution < 1.29 is 9.50 Å². The van der Waals surface area contributed by atoms with E-state index in [9.17, 15) is 9.50 Å². The van der Waals surface area contributed by atoms with Crippen molar-refractivity contribution in [2.24, 2.45) is 0 Å². The van der Waals surface area contributed by atoms with Gasteiger partial charge in [0, 0.05) is 13.0 Å². The van der Waals surface area contributed by atoms with Crippen LogP contribution in [0.15, 0.2) is 24.7 Å². The minimum absolute atomic E-state index is 0.318. The van der Waals surface area contributed by atoms with Crippen molar-refractivity contribution in [1.29, 1.82) is 0 Å². The van der Waals surface area contributed by atoms with E-state index < -0.39 is 11.9 Å². The second-order valence-corrected chi connectivity index (χ2v) is 4.02. The van der Waals surface area contributed by atoms with E-state index in [-0.39, 0.29) is 0 Å². The summed E-state index contributed by atoms with van der Waals surface area (Å²) in [4.78, 5) is 7.96. The highest BCUT2D eigenvalue weighted by Crippen LogP contribution is 2.15. The number of aryl methyl sites for hydroxylation is 1. The first-order valence-corrected chi connectivity index (χ1v) is 5.87. The maximum Gasteiger partial charge on any atom is 0.141 e. The summed E-state index contributed by atoms with van der Waals surface area (Å²) in [5.74, 6) is 0.288. The monoisotopic (exact) mass is 250 g/mol. The predicted molar refractivity (Wildman–Crippen MR) is 63.2 cm³/mol. The fraction of sp³-hybridized carbons (Fsp3) is 0.417. The van der Waals surface area contributed by atoms with Crippen molar-refractivity contribution >= 4 is 0 Å². The highest BCUT2D eigenvalue weighted by molar-refractivity contribution is 5.09. The Morgan fingerprint density at radius 2 is 2.22 bits per heavy atom. The normalized spacial score (nSPS) is 12.6. The molecule has 0 amide bonds. The van der Waals surface area contributed by atoms with E-state index in [4.69, 9.17) is 0 Å². The van der Waals surface area contributed by atoms with Crippen LogP contribution in [0.5, 0.6) is 0 Å². The zero-order valence-electron chi connectivity index (χ0n) is 10.1. The minimum Gasteiger partial charge on any atom is -0.386 e. The molecule has 0 aromatic carbocycles. The molecule has 2 aromatic rings. The van der Waals surface area contributed by atoms with Gasteiger partial charge in [-0.3, -0.25) is 9.67 Å². The van der Waals surface area contributed by atoms with Crippen molar-refractivity contribution in [2.45, 2.75) is 32.4 Å². The third kappa shape index (κ3) is 2.89. The first kappa shape index (κ1) is 12.6. The van der Waals surface area contributed by atoms with Gasteiger partial charge in [-0.2, -0.15) is 5.10 Å². The molecule has 0 aliphatic heterocycles. The predicted octanol–water partition coefficient (Wildman–Crippen LogP) is 1.50. The number of rotatable bonds is 5. The topological polar surface area (TPSA) is 63.8 Å². The average molecular weight is 250 g/mol. The molecule has 0 saturated heterocycles. The number of halogens is 1. The lowest BCUT2D eigenvalue weighted by atomic mass is 10.1. The van der Waals surface area contributed by atoms with Crippen LogP contribution in [-0.2, 0) is 13.0 Å². The standard InChI is InChI=1S/C12H15FN4O/c1-2-5-17-12(15-8-16-17)6-11(18)10-4-3-9(13)7-14-10/h3-4,7-8,11,18H,2,5-6H2,1H3. The maximum absolute atomic E-state index is 12.7. The first-order chi connectivity index (χ1) is 8.70. The number of hydrogen-bond donors (Lipinski definition) is 1. The number of aromatic nitrogens is 4. The molecule has 2 rings (SSSR count). The molecule has 5 nitrogen and oxygen atoms in total. The van der Waals surface area contributed by atoms with Gasteiger partial charge in [0.15, 0.2) is 0 Å². The first-order valence-electron chi connectivity index (χ1n) is 5.87. The molecule has 6 heteroatoms. The van der Waals surface area contributed by atoms with Crippen molar-refractivity contribution in [2.75, 3.05) is 0 Å². The van der Waals surface area contributed by atoms with Crippen LogP contribution in [0, 0.1) is 5.82 Å². The van der Waals surface area contributed by atoms with Gasteiger partial charge in [0.05, 0.1) is 11.9 Å². The summed E-state index contributed by atoms with van der Waals surface area (Å²) in [7, 11) is 0.